The van der Waals surface area contributed by atoms with Crippen LogP contribution in [-0.2, 0) is 13.1 Å². The summed E-state index contributed by atoms with van der Waals surface area (Å²) in [5.41, 5.74) is 4.70. The fourth-order valence-electron chi connectivity index (χ4n) is 3.16. The number of benzene rings is 1. The van der Waals surface area contributed by atoms with Gasteiger partial charge in [0.15, 0.2) is 0 Å². The zero-order valence-corrected chi connectivity index (χ0v) is 16.9. The number of pyridine rings is 1. The highest BCUT2D eigenvalue weighted by Crippen LogP contribution is 2.17. The minimum Gasteiger partial charge on any atom is -0.491 e. The van der Waals surface area contributed by atoms with Gasteiger partial charge in [-0.3, -0.25) is 9.78 Å². The number of rotatable bonds is 7. The van der Waals surface area contributed by atoms with Crippen LogP contribution in [0.1, 0.15) is 46.9 Å². The molecule has 0 saturated heterocycles. The molecular weight excluding hydrogens is 350 g/mol. The van der Waals surface area contributed by atoms with E-state index in [0.717, 1.165) is 28.4 Å². The van der Waals surface area contributed by atoms with Gasteiger partial charge in [0.2, 0.25) is 0 Å². The number of hydrogen-bond acceptors (Lipinski definition) is 3. The molecule has 5 nitrogen and oxygen atoms in total. The average Bonchev–Trinajstić information content (AvgIpc) is 2.96. The second-order valence-corrected chi connectivity index (χ2v) is 7.19. The topological polar surface area (TPSA) is 56.1 Å². The number of carbonyl (C=O) groups is 1. The van der Waals surface area contributed by atoms with E-state index in [-0.39, 0.29) is 12.0 Å². The molecule has 0 aliphatic rings. The second-order valence-electron chi connectivity index (χ2n) is 7.19. The molecule has 0 bridgehead atoms. The van der Waals surface area contributed by atoms with E-state index in [0.29, 0.717) is 18.7 Å². The highest BCUT2D eigenvalue weighted by molar-refractivity contribution is 5.95. The van der Waals surface area contributed by atoms with E-state index in [2.05, 4.69) is 14.9 Å². The number of ether oxygens (including phenoxy) is 1. The lowest BCUT2D eigenvalue weighted by Crippen LogP contribution is -2.23. The van der Waals surface area contributed by atoms with Crippen molar-refractivity contribution in [3.8, 4) is 5.75 Å². The van der Waals surface area contributed by atoms with Gasteiger partial charge in [-0.25, -0.2) is 0 Å². The van der Waals surface area contributed by atoms with Crippen molar-refractivity contribution in [2.24, 2.45) is 0 Å². The number of aromatic nitrogens is 2. The van der Waals surface area contributed by atoms with E-state index >= 15 is 0 Å². The van der Waals surface area contributed by atoms with Crippen LogP contribution in [0.25, 0.3) is 0 Å². The van der Waals surface area contributed by atoms with Crippen LogP contribution in [0.2, 0.25) is 0 Å². The van der Waals surface area contributed by atoms with Crippen LogP contribution in [0, 0.1) is 13.8 Å². The summed E-state index contributed by atoms with van der Waals surface area (Å²) in [7, 11) is 0. The smallest absolute Gasteiger partial charge is 0.253 e. The third-order valence-electron chi connectivity index (χ3n) is 4.61. The lowest BCUT2D eigenvalue weighted by molar-refractivity contribution is 0.0950. The quantitative estimate of drug-likeness (QED) is 0.669. The molecule has 0 atom stereocenters. The molecule has 3 aromatic rings. The van der Waals surface area contributed by atoms with Crippen molar-refractivity contribution >= 4 is 5.91 Å². The van der Waals surface area contributed by atoms with Gasteiger partial charge in [0, 0.05) is 24.1 Å². The molecule has 0 saturated carbocycles. The van der Waals surface area contributed by atoms with E-state index < -0.39 is 0 Å². The minimum atomic E-state index is -0.0668. The van der Waals surface area contributed by atoms with E-state index in [1.165, 1.54) is 0 Å². The predicted molar refractivity (Wildman–Crippen MR) is 111 cm³/mol. The molecule has 1 amide bonds. The van der Waals surface area contributed by atoms with Crippen LogP contribution in [0.15, 0.2) is 54.7 Å². The average molecular weight is 377 g/mol. The molecular formula is C23H27N3O2. The largest absolute Gasteiger partial charge is 0.491 e. The Balaban J connectivity index is 1.65. The molecule has 0 aliphatic carbocycles. The molecule has 3 rings (SSSR count). The van der Waals surface area contributed by atoms with Crippen molar-refractivity contribution in [3.63, 3.8) is 0 Å². The Kier molecular flexibility index (Phi) is 6.14. The van der Waals surface area contributed by atoms with Gasteiger partial charge in [-0.2, -0.15) is 0 Å². The summed E-state index contributed by atoms with van der Waals surface area (Å²) in [4.78, 5) is 17.1. The Morgan fingerprint density at radius 2 is 1.89 bits per heavy atom. The Morgan fingerprint density at radius 1 is 1.14 bits per heavy atom. The molecule has 28 heavy (non-hydrogen) atoms. The first-order valence-electron chi connectivity index (χ1n) is 9.54. The maximum Gasteiger partial charge on any atom is 0.253 e. The van der Waals surface area contributed by atoms with Crippen LogP contribution >= 0.6 is 0 Å². The van der Waals surface area contributed by atoms with Crippen LogP contribution in [0.4, 0.5) is 0 Å². The number of aryl methyl sites for hydroxylation is 1. The Bertz CT molecular complexity index is 928. The highest BCUT2D eigenvalue weighted by atomic mass is 16.5. The van der Waals surface area contributed by atoms with E-state index in [1.54, 1.807) is 6.20 Å². The minimum absolute atomic E-state index is 0.0668. The van der Waals surface area contributed by atoms with Crippen molar-refractivity contribution in [2.45, 2.75) is 46.9 Å². The third-order valence-corrected chi connectivity index (χ3v) is 4.61. The number of nitrogens with one attached hydrogen (secondary N) is 1. The van der Waals surface area contributed by atoms with Gasteiger partial charge in [-0.15, -0.1) is 0 Å². The summed E-state index contributed by atoms with van der Waals surface area (Å²) in [6.07, 6.45) is 1.93. The Hall–Kier alpha value is -3.08. The lowest BCUT2D eigenvalue weighted by atomic mass is 10.2. The van der Waals surface area contributed by atoms with Gasteiger partial charge in [0.1, 0.15) is 5.75 Å². The Morgan fingerprint density at radius 3 is 2.54 bits per heavy atom. The van der Waals surface area contributed by atoms with E-state index in [1.807, 2.05) is 76.2 Å². The summed E-state index contributed by atoms with van der Waals surface area (Å²) in [5, 5.41) is 3.01. The van der Waals surface area contributed by atoms with Crippen LogP contribution in [0.3, 0.4) is 0 Å². The van der Waals surface area contributed by atoms with E-state index in [4.69, 9.17) is 4.74 Å². The predicted octanol–water partition coefficient (Wildman–Crippen LogP) is 4.27. The fourth-order valence-corrected chi connectivity index (χ4v) is 3.16. The van der Waals surface area contributed by atoms with Crippen molar-refractivity contribution in [3.05, 3.63) is 82.9 Å². The summed E-state index contributed by atoms with van der Waals surface area (Å²) in [6, 6.07) is 15.6. The maximum absolute atomic E-state index is 12.7. The van der Waals surface area contributed by atoms with Crippen molar-refractivity contribution < 1.29 is 9.53 Å². The molecule has 146 valence electrons. The Labute approximate surface area is 166 Å². The summed E-state index contributed by atoms with van der Waals surface area (Å²) in [6.45, 7) is 9.12. The van der Waals surface area contributed by atoms with Crippen LogP contribution in [0.5, 0.6) is 5.75 Å². The molecule has 2 aromatic heterocycles. The SMILES string of the molecule is Cc1cc(C(=O)NCc2ccc(OC(C)C)cc2)c(C)n1Cc1ccccn1. The lowest BCUT2D eigenvalue weighted by Gasteiger charge is -2.11. The molecule has 2 heterocycles. The first-order valence-corrected chi connectivity index (χ1v) is 9.54. The summed E-state index contributed by atoms with van der Waals surface area (Å²) < 4.78 is 7.77. The van der Waals surface area contributed by atoms with Gasteiger partial charge in [-0.1, -0.05) is 18.2 Å². The summed E-state index contributed by atoms with van der Waals surface area (Å²) in [5.74, 6) is 0.769. The van der Waals surface area contributed by atoms with Gasteiger partial charge in [0.25, 0.3) is 5.91 Å². The monoisotopic (exact) mass is 377 g/mol. The van der Waals surface area contributed by atoms with Crippen LogP contribution in [-0.4, -0.2) is 21.6 Å². The normalized spacial score (nSPS) is 10.9. The van der Waals surface area contributed by atoms with Crippen molar-refractivity contribution in [1.82, 2.24) is 14.9 Å². The zero-order chi connectivity index (χ0) is 20.1. The molecule has 5 heteroatoms. The first-order chi connectivity index (χ1) is 13.4. The first kappa shape index (κ1) is 19.7. The number of nitrogens with zero attached hydrogens (tertiary/aromatic N) is 2. The highest BCUT2D eigenvalue weighted by Gasteiger charge is 2.16. The van der Waals surface area contributed by atoms with Gasteiger partial charge in [0.05, 0.1) is 23.9 Å². The fraction of sp³-hybridized carbons (Fsp3) is 0.304. The molecule has 0 aliphatic heterocycles. The summed E-state index contributed by atoms with van der Waals surface area (Å²) >= 11 is 0. The van der Waals surface area contributed by atoms with Gasteiger partial charge >= 0.3 is 0 Å². The van der Waals surface area contributed by atoms with Crippen LogP contribution < -0.4 is 10.1 Å². The molecule has 0 fully saturated rings. The molecule has 0 radical (unpaired) electrons. The molecule has 0 unspecified atom stereocenters. The van der Waals surface area contributed by atoms with Crippen molar-refractivity contribution in [1.29, 1.82) is 0 Å². The zero-order valence-electron chi connectivity index (χ0n) is 16.9. The standard InChI is InChI=1S/C23H27N3O2/c1-16(2)28-21-10-8-19(9-11-21)14-25-23(27)22-13-17(3)26(18(22)4)15-20-7-5-6-12-24-20/h5-13,16H,14-15H2,1-4H3,(H,25,27). The van der Waals surface area contributed by atoms with Gasteiger partial charge < -0.3 is 14.6 Å². The van der Waals surface area contributed by atoms with E-state index in [9.17, 15) is 4.79 Å². The third kappa shape index (κ3) is 4.80. The van der Waals surface area contributed by atoms with Gasteiger partial charge in [-0.05, 0) is 63.6 Å². The second kappa shape index (κ2) is 8.74. The maximum atomic E-state index is 12.7. The number of amides is 1. The molecule has 1 N–H and O–H groups in total. The number of carbonyl (C=O) groups excluding carboxylic acids is 1. The van der Waals surface area contributed by atoms with Crippen molar-refractivity contribution in [2.75, 3.05) is 0 Å². The molecule has 0 spiro atoms. The number of hydrogen-bond donors (Lipinski definition) is 1. The molecule has 1 aromatic carbocycles.